The SMILES string of the molecule is N.OB(Oc1ccccc1)Oc1ccccc1. The largest absolute Gasteiger partial charge is 0.785 e. The Bertz CT molecular complexity index is 383. The van der Waals surface area contributed by atoms with Gasteiger partial charge in [0, 0.05) is 0 Å². The van der Waals surface area contributed by atoms with Crippen molar-refractivity contribution in [3.63, 3.8) is 0 Å². The van der Waals surface area contributed by atoms with Gasteiger partial charge in [0.1, 0.15) is 11.5 Å². The molecule has 0 saturated carbocycles. The van der Waals surface area contributed by atoms with E-state index in [1.165, 1.54) is 0 Å². The van der Waals surface area contributed by atoms with Crippen molar-refractivity contribution in [1.29, 1.82) is 0 Å². The molecular formula is C12H14BNO3. The minimum absolute atomic E-state index is 0. The fourth-order valence-corrected chi connectivity index (χ4v) is 1.26. The summed E-state index contributed by atoms with van der Waals surface area (Å²) >= 11 is 0. The molecule has 5 heteroatoms. The Labute approximate surface area is 101 Å². The van der Waals surface area contributed by atoms with E-state index in [2.05, 4.69) is 0 Å². The van der Waals surface area contributed by atoms with Gasteiger partial charge in [-0.05, 0) is 24.3 Å². The molecule has 0 aliphatic rings. The fraction of sp³-hybridized carbons (Fsp3) is 0. The van der Waals surface area contributed by atoms with Crippen LogP contribution >= 0.6 is 0 Å². The van der Waals surface area contributed by atoms with E-state index in [0.717, 1.165) is 0 Å². The van der Waals surface area contributed by atoms with Gasteiger partial charge in [-0.1, -0.05) is 36.4 Å². The zero-order valence-electron chi connectivity index (χ0n) is 9.32. The summed E-state index contributed by atoms with van der Waals surface area (Å²) < 4.78 is 10.3. The standard InChI is InChI=1S/C12H11BO3.H3N/c14-13(15-11-7-3-1-4-8-11)16-12-9-5-2-6-10-12;/h1-10,14H;1H3. The van der Waals surface area contributed by atoms with E-state index in [1.807, 2.05) is 36.4 Å². The summed E-state index contributed by atoms with van der Waals surface area (Å²) in [5.41, 5.74) is 0. The number of rotatable bonds is 4. The number of hydrogen-bond donors (Lipinski definition) is 2. The maximum absolute atomic E-state index is 9.51. The van der Waals surface area contributed by atoms with Crippen molar-refractivity contribution in [2.45, 2.75) is 0 Å². The third kappa shape index (κ3) is 4.18. The summed E-state index contributed by atoms with van der Waals surface area (Å²) in [5.74, 6) is 1.12. The lowest BCUT2D eigenvalue weighted by Crippen LogP contribution is -2.29. The Hall–Kier alpha value is -1.98. The van der Waals surface area contributed by atoms with Crippen molar-refractivity contribution in [3.8, 4) is 11.5 Å². The normalized spacial score (nSPS) is 9.00. The monoisotopic (exact) mass is 231 g/mol. The van der Waals surface area contributed by atoms with E-state index in [9.17, 15) is 5.02 Å². The van der Waals surface area contributed by atoms with Crippen LogP contribution in [0, 0.1) is 0 Å². The zero-order chi connectivity index (χ0) is 11.2. The molecule has 0 aliphatic carbocycles. The van der Waals surface area contributed by atoms with Crippen LogP contribution in [0.5, 0.6) is 11.5 Å². The Morgan fingerprint density at radius 3 is 1.41 bits per heavy atom. The quantitative estimate of drug-likeness (QED) is 0.791. The van der Waals surface area contributed by atoms with Crippen LogP contribution < -0.4 is 15.5 Å². The average molecular weight is 231 g/mol. The first-order chi connectivity index (χ1) is 7.84. The number of para-hydroxylation sites is 2. The van der Waals surface area contributed by atoms with Gasteiger partial charge in [0.25, 0.3) is 0 Å². The van der Waals surface area contributed by atoms with E-state index in [0.29, 0.717) is 11.5 Å². The van der Waals surface area contributed by atoms with Crippen molar-refractivity contribution in [1.82, 2.24) is 6.15 Å². The Kier molecular flexibility index (Phi) is 5.06. The third-order valence-corrected chi connectivity index (χ3v) is 1.96. The second-order valence-corrected chi connectivity index (χ2v) is 3.17. The smallest absolute Gasteiger partial charge is 0.501 e. The van der Waals surface area contributed by atoms with Crippen molar-refractivity contribution < 1.29 is 14.3 Å². The van der Waals surface area contributed by atoms with Gasteiger partial charge < -0.3 is 20.5 Å². The first kappa shape index (κ1) is 13.1. The third-order valence-electron chi connectivity index (χ3n) is 1.96. The van der Waals surface area contributed by atoms with Crippen LogP contribution in [0.2, 0.25) is 0 Å². The molecule has 0 aromatic heterocycles. The van der Waals surface area contributed by atoms with Gasteiger partial charge in [-0.2, -0.15) is 0 Å². The summed E-state index contributed by atoms with van der Waals surface area (Å²) in [5, 5.41) is 9.51. The van der Waals surface area contributed by atoms with Crippen LogP contribution in [0.3, 0.4) is 0 Å². The van der Waals surface area contributed by atoms with Crippen LogP contribution in [-0.2, 0) is 0 Å². The maximum Gasteiger partial charge on any atom is 0.785 e. The highest BCUT2D eigenvalue weighted by atomic mass is 16.7. The summed E-state index contributed by atoms with van der Waals surface area (Å²) in [6.45, 7) is 0. The second kappa shape index (κ2) is 6.57. The molecule has 0 aliphatic heterocycles. The van der Waals surface area contributed by atoms with Gasteiger partial charge in [-0.25, -0.2) is 0 Å². The van der Waals surface area contributed by atoms with Crippen LogP contribution in [0.1, 0.15) is 0 Å². The van der Waals surface area contributed by atoms with Crippen LogP contribution in [-0.4, -0.2) is 12.3 Å². The van der Waals surface area contributed by atoms with Gasteiger partial charge in [0.05, 0.1) is 0 Å². The van der Waals surface area contributed by atoms with E-state index in [1.54, 1.807) is 24.3 Å². The lowest BCUT2D eigenvalue weighted by molar-refractivity contribution is 0.298. The predicted octanol–water partition coefficient (Wildman–Crippen LogP) is 2.28. The summed E-state index contributed by atoms with van der Waals surface area (Å²) in [7, 11) is -1.30. The highest BCUT2D eigenvalue weighted by Crippen LogP contribution is 2.12. The molecule has 4 N–H and O–H groups in total. The molecular weight excluding hydrogens is 217 g/mol. The van der Waals surface area contributed by atoms with Gasteiger partial charge in [0.2, 0.25) is 0 Å². The molecule has 0 bridgehead atoms. The second-order valence-electron chi connectivity index (χ2n) is 3.17. The minimum Gasteiger partial charge on any atom is -0.501 e. The molecule has 0 fully saturated rings. The van der Waals surface area contributed by atoms with E-state index >= 15 is 0 Å². The van der Waals surface area contributed by atoms with Crippen molar-refractivity contribution >= 4 is 7.32 Å². The zero-order valence-corrected chi connectivity index (χ0v) is 9.32. The van der Waals surface area contributed by atoms with Crippen molar-refractivity contribution in [3.05, 3.63) is 60.7 Å². The molecule has 0 amide bonds. The van der Waals surface area contributed by atoms with Crippen LogP contribution in [0.25, 0.3) is 0 Å². The summed E-state index contributed by atoms with van der Waals surface area (Å²) in [4.78, 5) is 0. The van der Waals surface area contributed by atoms with Crippen LogP contribution in [0.4, 0.5) is 0 Å². The van der Waals surface area contributed by atoms with Gasteiger partial charge >= 0.3 is 7.32 Å². The van der Waals surface area contributed by atoms with E-state index < -0.39 is 7.32 Å². The molecule has 17 heavy (non-hydrogen) atoms. The Balaban J connectivity index is 0.00000144. The lowest BCUT2D eigenvalue weighted by Gasteiger charge is -2.10. The summed E-state index contributed by atoms with van der Waals surface area (Å²) in [6, 6.07) is 18.0. The molecule has 2 aromatic rings. The van der Waals surface area contributed by atoms with Gasteiger partial charge in [-0.3, -0.25) is 0 Å². The molecule has 0 spiro atoms. The highest BCUT2D eigenvalue weighted by molar-refractivity contribution is 6.36. The highest BCUT2D eigenvalue weighted by Gasteiger charge is 2.20. The Morgan fingerprint density at radius 1 is 0.706 bits per heavy atom. The van der Waals surface area contributed by atoms with E-state index in [-0.39, 0.29) is 6.15 Å². The van der Waals surface area contributed by atoms with Gasteiger partial charge in [0.15, 0.2) is 0 Å². The first-order valence-electron chi connectivity index (χ1n) is 4.96. The molecule has 2 rings (SSSR count). The maximum atomic E-state index is 9.51. The van der Waals surface area contributed by atoms with Crippen molar-refractivity contribution in [2.75, 3.05) is 0 Å². The fourth-order valence-electron chi connectivity index (χ4n) is 1.26. The summed E-state index contributed by atoms with van der Waals surface area (Å²) in [6.07, 6.45) is 0. The molecule has 2 aromatic carbocycles. The molecule has 0 saturated heterocycles. The molecule has 0 unspecified atom stereocenters. The average Bonchev–Trinajstić information content (AvgIpc) is 2.31. The number of hydrogen-bond acceptors (Lipinski definition) is 4. The lowest BCUT2D eigenvalue weighted by atomic mass is 10.2. The Morgan fingerprint density at radius 2 is 1.06 bits per heavy atom. The van der Waals surface area contributed by atoms with Crippen molar-refractivity contribution in [2.24, 2.45) is 0 Å². The first-order valence-corrected chi connectivity index (χ1v) is 4.96. The predicted molar refractivity (Wildman–Crippen MR) is 67.1 cm³/mol. The molecule has 0 atom stereocenters. The van der Waals surface area contributed by atoms with Gasteiger partial charge in [-0.15, -0.1) is 0 Å². The van der Waals surface area contributed by atoms with E-state index in [4.69, 9.17) is 9.31 Å². The minimum atomic E-state index is -1.30. The number of benzene rings is 2. The topological polar surface area (TPSA) is 73.7 Å². The molecule has 4 nitrogen and oxygen atoms in total. The van der Waals surface area contributed by atoms with Crippen LogP contribution in [0.15, 0.2) is 60.7 Å². The molecule has 0 radical (unpaired) electrons. The molecule has 0 heterocycles. The molecule has 88 valence electrons.